The Labute approximate surface area is 161 Å². The number of amides is 1. The minimum Gasteiger partial charge on any atom is -0.308 e. The predicted molar refractivity (Wildman–Crippen MR) is 106 cm³/mol. The van der Waals surface area contributed by atoms with Gasteiger partial charge in [-0.2, -0.15) is 0 Å². The van der Waals surface area contributed by atoms with E-state index >= 15 is 0 Å². The fourth-order valence-electron chi connectivity index (χ4n) is 3.14. The molecule has 0 fully saturated rings. The highest BCUT2D eigenvalue weighted by molar-refractivity contribution is 7.94. The highest BCUT2D eigenvalue weighted by Gasteiger charge is 2.24. The molecule has 2 aromatic heterocycles. The third-order valence-electron chi connectivity index (χ3n) is 4.36. The van der Waals surface area contributed by atoms with Crippen molar-refractivity contribution in [1.82, 2.24) is 4.98 Å². The van der Waals surface area contributed by atoms with Crippen LogP contribution in [-0.2, 0) is 16.4 Å². The van der Waals surface area contributed by atoms with Crippen LogP contribution in [0.15, 0.2) is 64.4 Å². The Kier molecular flexibility index (Phi) is 4.67. The number of sulfonamides is 1. The van der Waals surface area contributed by atoms with E-state index in [0.29, 0.717) is 17.8 Å². The summed E-state index contributed by atoms with van der Waals surface area (Å²) in [5, 5.41) is 1.73. The highest BCUT2D eigenvalue weighted by Crippen LogP contribution is 2.31. The second-order valence-corrected chi connectivity index (χ2v) is 9.04. The number of benzene rings is 1. The molecule has 3 aromatic rings. The number of carbonyl (C=O) groups is 1. The summed E-state index contributed by atoms with van der Waals surface area (Å²) < 4.78 is 27.7. The van der Waals surface area contributed by atoms with Crippen molar-refractivity contribution < 1.29 is 13.2 Å². The first-order chi connectivity index (χ1) is 13.0. The molecule has 0 saturated carbocycles. The number of aromatic nitrogens is 1. The lowest BCUT2D eigenvalue weighted by Crippen LogP contribution is -2.35. The summed E-state index contributed by atoms with van der Waals surface area (Å²) in [7, 11) is -3.59. The Bertz CT molecular complexity index is 1060. The monoisotopic (exact) mass is 399 g/mol. The van der Waals surface area contributed by atoms with E-state index in [4.69, 9.17) is 0 Å². The van der Waals surface area contributed by atoms with E-state index in [-0.39, 0.29) is 10.1 Å². The van der Waals surface area contributed by atoms with Crippen molar-refractivity contribution in [1.29, 1.82) is 0 Å². The lowest BCUT2D eigenvalue weighted by Gasteiger charge is -2.30. The third-order valence-corrected chi connectivity index (χ3v) is 7.14. The summed E-state index contributed by atoms with van der Waals surface area (Å²) in [6, 6.07) is 12.1. The van der Waals surface area contributed by atoms with E-state index < -0.39 is 10.0 Å². The Balaban J connectivity index is 1.62. The Hall–Kier alpha value is -2.71. The van der Waals surface area contributed by atoms with Gasteiger partial charge >= 0.3 is 0 Å². The van der Waals surface area contributed by atoms with Gasteiger partial charge in [0.05, 0.1) is 5.56 Å². The zero-order chi connectivity index (χ0) is 18.9. The van der Waals surface area contributed by atoms with Gasteiger partial charge in [0.25, 0.3) is 15.9 Å². The summed E-state index contributed by atoms with van der Waals surface area (Å²) in [6.07, 6.45) is 4.80. The summed E-state index contributed by atoms with van der Waals surface area (Å²) in [5.74, 6) is -0.101. The smallest absolute Gasteiger partial charge is 0.271 e. The van der Waals surface area contributed by atoms with E-state index in [2.05, 4.69) is 9.71 Å². The van der Waals surface area contributed by atoms with Crippen LogP contribution in [-0.4, -0.2) is 25.9 Å². The second kappa shape index (κ2) is 7.13. The number of fused-ring (bicyclic) bond motifs is 1. The van der Waals surface area contributed by atoms with Crippen LogP contribution in [0.2, 0.25) is 0 Å². The number of rotatable bonds is 4. The van der Waals surface area contributed by atoms with Crippen LogP contribution in [0, 0.1) is 0 Å². The largest absolute Gasteiger partial charge is 0.308 e. The molecular formula is C19H17N3O3S2. The minimum atomic E-state index is -3.59. The summed E-state index contributed by atoms with van der Waals surface area (Å²) in [5.41, 5.74) is 2.80. The first-order valence-corrected chi connectivity index (χ1v) is 10.8. The van der Waals surface area contributed by atoms with Crippen molar-refractivity contribution in [2.45, 2.75) is 17.1 Å². The molecule has 3 heterocycles. The lowest BCUT2D eigenvalue weighted by atomic mass is 10.0. The molecule has 0 saturated heterocycles. The van der Waals surface area contributed by atoms with E-state index in [1.54, 1.807) is 59.1 Å². The molecule has 1 amide bonds. The molecule has 1 aliphatic heterocycles. The number of nitrogens with zero attached hydrogens (tertiary/aromatic N) is 2. The minimum absolute atomic E-state index is 0.101. The van der Waals surface area contributed by atoms with E-state index in [9.17, 15) is 13.2 Å². The lowest BCUT2D eigenvalue weighted by molar-refractivity contribution is 0.0984. The van der Waals surface area contributed by atoms with Crippen LogP contribution in [0.5, 0.6) is 0 Å². The molecule has 6 nitrogen and oxygen atoms in total. The van der Waals surface area contributed by atoms with Gasteiger partial charge in [0.15, 0.2) is 0 Å². The molecule has 1 aliphatic rings. The molecule has 4 rings (SSSR count). The maximum Gasteiger partial charge on any atom is 0.271 e. The molecule has 0 bridgehead atoms. The molecule has 0 unspecified atom stereocenters. The van der Waals surface area contributed by atoms with Crippen molar-refractivity contribution in [2.75, 3.05) is 16.2 Å². The van der Waals surface area contributed by atoms with E-state index in [1.165, 1.54) is 11.3 Å². The molecular weight excluding hydrogens is 382 g/mol. The second-order valence-electron chi connectivity index (χ2n) is 6.18. The highest BCUT2D eigenvalue weighted by atomic mass is 32.2. The maximum atomic E-state index is 12.8. The van der Waals surface area contributed by atoms with Gasteiger partial charge in [0.2, 0.25) is 0 Å². The number of aryl methyl sites for hydroxylation is 1. The van der Waals surface area contributed by atoms with Crippen LogP contribution >= 0.6 is 11.3 Å². The summed E-state index contributed by atoms with van der Waals surface area (Å²) >= 11 is 1.17. The Morgan fingerprint density at radius 3 is 2.81 bits per heavy atom. The number of nitrogens with one attached hydrogen (secondary N) is 1. The van der Waals surface area contributed by atoms with Crippen LogP contribution in [0.4, 0.5) is 11.4 Å². The van der Waals surface area contributed by atoms with E-state index in [0.717, 1.165) is 24.1 Å². The summed E-state index contributed by atoms with van der Waals surface area (Å²) in [4.78, 5) is 18.5. The Morgan fingerprint density at radius 1 is 1.19 bits per heavy atom. The maximum absolute atomic E-state index is 12.8. The zero-order valence-electron chi connectivity index (χ0n) is 14.3. The van der Waals surface area contributed by atoms with Gasteiger partial charge in [-0.15, -0.1) is 11.3 Å². The fourth-order valence-corrected chi connectivity index (χ4v) is 5.18. The van der Waals surface area contributed by atoms with Gasteiger partial charge in [0, 0.05) is 30.3 Å². The van der Waals surface area contributed by atoms with Crippen LogP contribution in [0.3, 0.4) is 0 Å². The van der Waals surface area contributed by atoms with Gasteiger partial charge in [-0.3, -0.25) is 14.5 Å². The van der Waals surface area contributed by atoms with Crippen molar-refractivity contribution in [3.05, 3.63) is 71.4 Å². The van der Waals surface area contributed by atoms with Gasteiger partial charge in [-0.25, -0.2) is 8.42 Å². The van der Waals surface area contributed by atoms with E-state index in [1.807, 2.05) is 6.07 Å². The summed E-state index contributed by atoms with van der Waals surface area (Å²) in [6.45, 7) is 0.626. The van der Waals surface area contributed by atoms with Crippen molar-refractivity contribution in [3.8, 4) is 0 Å². The molecule has 1 N–H and O–H groups in total. The Morgan fingerprint density at radius 2 is 2.07 bits per heavy atom. The number of carbonyl (C=O) groups excluding carboxylic acids is 1. The van der Waals surface area contributed by atoms with Crippen molar-refractivity contribution >= 4 is 38.6 Å². The SMILES string of the molecule is O=C(c1cccnc1)N1CCCc2cc(NS(=O)(=O)c3cccs3)ccc21. The molecule has 8 heteroatoms. The molecule has 0 atom stereocenters. The molecule has 1 aromatic carbocycles. The van der Waals surface area contributed by atoms with Crippen LogP contribution in [0.1, 0.15) is 22.3 Å². The van der Waals surface area contributed by atoms with Gasteiger partial charge in [0.1, 0.15) is 4.21 Å². The third kappa shape index (κ3) is 3.58. The van der Waals surface area contributed by atoms with Gasteiger partial charge in [-0.1, -0.05) is 6.07 Å². The standard InChI is InChI=1S/C19H17N3O3S2/c23-19(15-4-1-9-20-13-15)22-10-2-5-14-12-16(7-8-17(14)22)21-27(24,25)18-6-3-11-26-18/h1,3-4,6-9,11-13,21H,2,5,10H2. The quantitative estimate of drug-likeness (QED) is 0.728. The van der Waals surface area contributed by atoms with Crippen molar-refractivity contribution in [3.63, 3.8) is 0 Å². The van der Waals surface area contributed by atoms with Gasteiger partial charge < -0.3 is 4.90 Å². The normalized spacial score (nSPS) is 13.9. The molecule has 0 spiro atoms. The first kappa shape index (κ1) is 17.7. The predicted octanol–water partition coefficient (Wildman–Crippen LogP) is 3.54. The first-order valence-electron chi connectivity index (χ1n) is 8.46. The van der Waals surface area contributed by atoms with Crippen LogP contribution in [0.25, 0.3) is 0 Å². The fraction of sp³-hybridized carbons (Fsp3) is 0.158. The number of thiophene rings is 1. The van der Waals surface area contributed by atoms with Crippen LogP contribution < -0.4 is 9.62 Å². The van der Waals surface area contributed by atoms with Gasteiger partial charge in [-0.05, 0) is 60.2 Å². The average molecular weight is 399 g/mol. The molecule has 27 heavy (non-hydrogen) atoms. The number of hydrogen-bond donors (Lipinski definition) is 1. The number of hydrogen-bond acceptors (Lipinski definition) is 5. The molecule has 138 valence electrons. The van der Waals surface area contributed by atoms with Crippen molar-refractivity contribution in [2.24, 2.45) is 0 Å². The zero-order valence-corrected chi connectivity index (χ0v) is 16.0. The molecule has 0 radical (unpaired) electrons. The number of pyridine rings is 1. The average Bonchev–Trinajstić information content (AvgIpc) is 3.23. The number of anilines is 2. The topological polar surface area (TPSA) is 79.4 Å². The molecule has 0 aliphatic carbocycles.